The zero-order valence-electron chi connectivity index (χ0n) is 9.20. The zero-order chi connectivity index (χ0) is 11.2. The van der Waals surface area contributed by atoms with E-state index in [-0.39, 0.29) is 5.91 Å². The molecular weight excluding hydrogens is 200 g/mol. The fraction of sp³-hybridized carbons (Fsp3) is 0.462. The van der Waals surface area contributed by atoms with E-state index in [9.17, 15) is 4.79 Å². The minimum atomic E-state index is -0.538. The Morgan fingerprint density at radius 3 is 2.88 bits per heavy atom. The Balaban J connectivity index is 1.57. The maximum Gasteiger partial charge on any atom is 0.240 e. The quantitative estimate of drug-likeness (QED) is 0.790. The van der Waals surface area contributed by atoms with Crippen LogP contribution in [0.2, 0.25) is 0 Å². The number of rotatable bonds is 3. The molecule has 1 aromatic rings. The largest absolute Gasteiger partial charge is 0.354 e. The molecule has 16 heavy (non-hydrogen) atoms. The van der Waals surface area contributed by atoms with Crippen molar-refractivity contribution in [2.45, 2.75) is 30.7 Å². The van der Waals surface area contributed by atoms with Crippen molar-refractivity contribution < 1.29 is 4.79 Å². The third kappa shape index (κ3) is 1.52. The molecule has 3 nitrogen and oxygen atoms in total. The number of hydrogen-bond acceptors (Lipinski definition) is 2. The molecule has 1 amide bonds. The van der Waals surface area contributed by atoms with Gasteiger partial charge in [-0.25, -0.2) is 0 Å². The van der Waals surface area contributed by atoms with Gasteiger partial charge in [-0.05, 0) is 30.4 Å². The number of carbonyl (C=O) groups excluding carboxylic acids is 1. The van der Waals surface area contributed by atoms with E-state index < -0.39 is 5.54 Å². The standard InChI is InChI=1S/C13H16N2O/c14-13(5-6-13)12(16)15-8-10-7-9-3-1-2-4-11(9)10/h1-4,10H,5-8,14H2,(H,15,16). The Hall–Kier alpha value is -1.35. The summed E-state index contributed by atoms with van der Waals surface area (Å²) in [6.45, 7) is 0.731. The summed E-state index contributed by atoms with van der Waals surface area (Å²) in [5, 5.41) is 2.96. The van der Waals surface area contributed by atoms with Crippen molar-refractivity contribution >= 4 is 5.91 Å². The van der Waals surface area contributed by atoms with Crippen LogP contribution >= 0.6 is 0 Å². The minimum Gasteiger partial charge on any atom is -0.354 e. The predicted octanol–water partition coefficient (Wildman–Crippen LogP) is 0.934. The molecule has 1 fully saturated rings. The van der Waals surface area contributed by atoms with Crippen LogP contribution in [0, 0.1) is 0 Å². The van der Waals surface area contributed by atoms with Crippen LogP contribution in [0.3, 0.4) is 0 Å². The van der Waals surface area contributed by atoms with E-state index in [4.69, 9.17) is 5.73 Å². The Kier molecular flexibility index (Phi) is 2.04. The summed E-state index contributed by atoms with van der Waals surface area (Å²) in [7, 11) is 0. The van der Waals surface area contributed by atoms with Gasteiger partial charge >= 0.3 is 0 Å². The SMILES string of the molecule is NC1(C(=O)NCC2Cc3ccccc32)CC1. The molecular formula is C13H16N2O. The molecule has 1 unspecified atom stereocenters. The first-order chi connectivity index (χ1) is 7.69. The van der Waals surface area contributed by atoms with Gasteiger partial charge in [0.25, 0.3) is 0 Å². The molecule has 0 heterocycles. The number of nitrogens with one attached hydrogen (secondary N) is 1. The fourth-order valence-electron chi connectivity index (χ4n) is 2.30. The molecule has 1 aromatic carbocycles. The van der Waals surface area contributed by atoms with Gasteiger partial charge in [0, 0.05) is 12.5 Å². The van der Waals surface area contributed by atoms with Crippen molar-refractivity contribution in [1.82, 2.24) is 5.32 Å². The van der Waals surface area contributed by atoms with Crippen molar-refractivity contribution in [3.63, 3.8) is 0 Å². The van der Waals surface area contributed by atoms with Gasteiger partial charge in [-0.15, -0.1) is 0 Å². The van der Waals surface area contributed by atoms with Crippen LogP contribution in [0.15, 0.2) is 24.3 Å². The van der Waals surface area contributed by atoms with Crippen LogP contribution in [0.4, 0.5) is 0 Å². The lowest BCUT2D eigenvalue weighted by Crippen LogP contribution is -2.45. The van der Waals surface area contributed by atoms with Gasteiger partial charge in [0.15, 0.2) is 0 Å². The summed E-state index contributed by atoms with van der Waals surface area (Å²) in [5.41, 5.74) is 8.07. The van der Waals surface area contributed by atoms with E-state index in [1.807, 2.05) is 0 Å². The molecule has 0 aliphatic heterocycles. The second kappa shape index (κ2) is 3.32. The first kappa shape index (κ1) is 9.85. The molecule has 1 saturated carbocycles. The van der Waals surface area contributed by atoms with Gasteiger partial charge in [0.05, 0.1) is 5.54 Å². The van der Waals surface area contributed by atoms with Crippen LogP contribution in [0.1, 0.15) is 29.9 Å². The summed E-state index contributed by atoms with van der Waals surface area (Å²) in [5.74, 6) is 0.513. The summed E-state index contributed by atoms with van der Waals surface area (Å²) >= 11 is 0. The zero-order valence-corrected chi connectivity index (χ0v) is 9.20. The topological polar surface area (TPSA) is 55.1 Å². The normalized spacial score (nSPS) is 24.2. The second-order valence-corrected chi connectivity index (χ2v) is 4.97. The number of fused-ring (bicyclic) bond motifs is 1. The molecule has 0 saturated heterocycles. The average molecular weight is 216 g/mol. The first-order valence-corrected chi connectivity index (χ1v) is 5.84. The van der Waals surface area contributed by atoms with Crippen LogP contribution in [0.25, 0.3) is 0 Å². The Morgan fingerprint density at radius 2 is 2.19 bits per heavy atom. The van der Waals surface area contributed by atoms with E-state index in [0.717, 1.165) is 25.8 Å². The third-order valence-electron chi connectivity index (χ3n) is 3.71. The predicted molar refractivity (Wildman–Crippen MR) is 62.0 cm³/mol. The molecule has 0 bridgehead atoms. The number of carbonyl (C=O) groups is 1. The molecule has 0 radical (unpaired) electrons. The number of amides is 1. The highest BCUT2D eigenvalue weighted by atomic mass is 16.2. The lowest BCUT2D eigenvalue weighted by molar-refractivity contribution is -0.123. The summed E-state index contributed by atoms with van der Waals surface area (Å²) < 4.78 is 0. The molecule has 1 atom stereocenters. The number of nitrogens with two attached hydrogens (primary N) is 1. The van der Waals surface area contributed by atoms with Gasteiger partial charge in [-0.2, -0.15) is 0 Å². The Labute approximate surface area is 95.0 Å². The van der Waals surface area contributed by atoms with Crippen molar-refractivity contribution in [3.8, 4) is 0 Å². The molecule has 84 valence electrons. The fourth-order valence-corrected chi connectivity index (χ4v) is 2.30. The Morgan fingerprint density at radius 1 is 1.44 bits per heavy atom. The number of benzene rings is 1. The van der Waals surface area contributed by atoms with Crippen LogP contribution < -0.4 is 11.1 Å². The van der Waals surface area contributed by atoms with Gasteiger partial charge < -0.3 is 11.1 Å². The van der Waals surface area contributed by atoms with Gasteiger partial charge in [-0.3, -0.25) is 4.79 Å². The highest BCUT2D eigenvalue weighted by Gasteiger charge is 2.46. The molecule has 0 spiro atoms. The van der Waals surface area contributed by atoms with E-state index in [2.05, 4.69) is 29.6 Å². The highest BCUT2D eigenvalue weighted by molar-refractivity contribution is 5.89. The van der Waals surface area contributed by atoms with Crippen LogP contribution in [-0.4, -0.2) is 18.0 Å². The smallest absolute Gasteiger partial charge is 0.240 e. The maximum atomic E-state index is 11.6. The average Bonchev–Trinajstić information content (AvgIpc) is 2.99. The molecule has 2 aliphatic carbocycles. The highest BCUT2D eigenvalue weighted by Crippen LogP contribution is 2.35. The molecule has 3 heteroatoms. The minimum absolute atomic E-state index is 0.0249. The van der Waals surface area contributed by atoms with Crippen LogP contribution in [-0.2, 0) is 11.2 Å². The van der Waals surface area contributed by atoms with Crippen LogP contribution in [0.5, 0.6) is 0 Å². The number of hydrogen-bond donors (Lipinski definition) is 2. The van der Waals surface area contributed by atoms with Crippen molar-refractivity contribution in [3.05, 3.63) is 35.4 Å². The Bertz CT molecular complexity index is 437. The van der Waals surface area contributed by atoms with Gasteiger partial charge in [0.2, 0.25) is 5.91 Å². The van der Waals surface area contributed by atoms with E-state index in [1.165, 1.54) is 11.1 Å². The van der Waals surface area contributed by atoms with Crippen molar-refractivity contribution in [2.75, 3.05) is 6.54 Å². The summed E-state index contributed by atoms with van der Waals surface area (Å²) in [4.78, 5) is 11.6. The monoisotopic (exact) mass is 216 g/mol. The van der Waals surface area contributed by atoms with Crippen molar-refractivity contribution in [1.29, 1.82) is 0 Å². The summed E-state index contributed by atoms with van der Waals surface area (Å²) in [6.07, 6.45) is 2.74. The van der Waals surface area contributed by atoms with E-state index >= 15 is 0 Å². The van der Waals surface area contributed by atoms with E-state index in [1.54, 1.807) is 0 Å². The molecule has 3 N–H and O–H groups in total. The van der Waals surface area contributed by atoms with Gasteiger partial charge in [0.1, 0.15) is 0 Å². The van der Waals surface area contributed by atoms with Crippen molar-refractivity contribution in [2.24, 2.45) is 5.73 Å². The summed E-state index contributed by atoms with van der Waals surface area (Å²) in [6, 6.07) is 8.41. The van der Waals surface area contributed by atoms with Gasteiger partial charge in [-0.1, -0.05) is 24.3 Å². The lowest BCUT2D eigenvalue weighted by atomic mass is 9.77. The molecule has 2 aliphatic rings. The lowest BCUT2D eigenvalue weighted by Gasteiger charge is -2.30. The maximum absolute atomic E-state index is 11.6. The first-order valence-electron chi connectivity index (χ1n) is 5.84. The van der Waals surface area contributed by atoms with E-state index in [0.29, 0.717) is 5.92 Å². The molecule has 3 rings (SSSR count). The second-order valence-electron chi connectivity index (χ2n) is 4.97. The third-order valence-corrected chi connectivity index (χ3v) is 3.71. The molecule has 0 aromatic heterocycles.